The smallest absolute Gasteiger partial charge is 0.389 e. The molecule has 0 unspecified atom stereocenters. The Morgan fingerprint density at radius 3 is 2.56 bits per heavy atom. The van der Waals surface area contributed by atoms with Crippen LogP contribution in [0.1, 0.15) is 63.2 Å². The number of ether oxygens (including phenoxy) is 2. The lowest BCUT2D eigenvalue weighted by atomic mass is 10.0. The van der Waals surface area contributed by atoms with Gasteiger partial charge >= 0.3 is 6.18 Å². The molecule has 0 bridgehead atoms. The molecule has 0 spiro atoms. The maximum absolute atomic E-state index is 14.0. The molecule has 0 radical (unpaired) electrons. The number of rotatable bonds is 8. The summed E-state index contributed by atoms with van der Waals surface area (Å²) in [5.41, 5.74) is 0.197. The number of carbonyl (C=O) groups excluding carboxylic acids is 2. The van der Waals surface area contributed by atoms with Crippen molar-refractivity contribution in [3.05, 3.63) is 23.8 Å². The summed E-state index contributed by atoms with van der Waals surface area (Å²) in [5, 5.41) is 12.4. The van der Waals surface area contributed by atoms with E-state index in [1.807, 2.05) is 13.8 Å². The van der Waals surface area contributed by atoms with Gasteiger partial charge in [-0.25, -0.2) is 12.7 Å². The van der Waals surface area contributed by atoms with E-state index in [0.717, 1.165) is 12.7 Å². The largest absolute Gasteiger partial charge is 0.490 e. The van der Waals surface area contributed by atoms with Gasteiger partial charge in [-0.15, -0.1) is 0 Å². The molecule has 10 nitrogen and oxygen atoms in total. The van der Waals surface area contributed by atoms with Crippen molar-refractivity contribution in [1.82, 2.24) is 9.21 Å². The summed E-state index contributed by atoms with van der Waals surface area (Å²) >= 11 is 0. The predicted octanol–water partition coefficient (Wildman–Crippen LogP) is 3.65. The highest BCUT2D eigenvalue weighted by Gasteiger charge is 2.32. The third-order valence-electron chi connectivity index (χ3n) is 6.97. The number of nitrogens with one attached hydrogen (secondary N) is 1. The fourth-order valence-electron chi connectivity index (χ4n) is 4.33. The molecule has 0 aromatic heterocycles. The SMILES string of the molecule is C[C@@H]1CCCCO[C@H](CN(C)S(C)(=O)=O)[C@@H](C)CN([C@H](C)CO)C(=O)c2cc(NC(=O)CCC(F)(F)F)ccc2O1. The van der Waals surface area contributed by atoms with Gasteiger partial charge < -0.3 is 24.8 Å². The summed E-state index contributed by atoms with van der Waals surface area (Å²) in [6, 6.07) is 3.66. The number of likely N-dealkylation sites (N-methyl/N-ethyl adjacent to an activating group) is 1. The van der Waals surface area contributed by atoms with Gasteiger partial charge in [-0.1, -0.05) is 6.92 Å². The summed E-state index contributed by atoms with van der Waals surface area (Å²) in [6.07, 6.45) is -4.20. The van der Waals surface area contributed by atoms with Crippen molar-refractivity contribution in [2.75, 3.05) is 44.9 Å². The molecule has 1 heterocycles. The second kappa shape index (κ2) is 15.2. The second-order valence-electron chi connectivity index (χ2n) is 10.7. The van der Waals surface area contributed by atoms with E-state index in [4.69, 9.17) is 9.47 Å². The van der Waals surface area contributed by atoms with E-state index >= 15 is 0 Å². The molecule has 234 valence electrons. The Kier molecular flexibility index (Phi) is 12.9. The Hall–Kier alpha value is -2.42. The number of alkyl halides is 3. The third-order valence-corrected chi connectivity index (χ3v) is 8.26. The highest BCUT2D eigenvalue weighted by atomic mass is 32.2. The number of hydrogen-bond acceptors (Lipinski definition) is 7. The van der Waals surface area contributed by atoms with E-state index in [0.29, 0.717) is 19.4 Å². The zero-order chi connectivity index (χ0) is 31.0. The van der Waals surface area contributed by atoms with Crippen molar-refractivity contribution < 1.29 is 45.8 Å². The van der Waals surface area contributed by atoms with Crippen LogP contribution in [0, 0.1) is 5.92 Å². The summed E-state index contributed by atoms with van der Waals surface area (Å²) in [4.78, 5) is 27.6. The van der Waals surface area contributed by atoms with Crippen LogP contribution in [0.3, 0.4) is 0 Å². The number of carbonyl (C=O) groups is 2. The molecule has 1 aliphatic heterocycles. The van der Waals surface area contributed by atoms with Crippen molar-refractivity contribution in [1.29, 1.82) is 0 Å². The van der Waals surface area contributed by atoms with Gasteiger partial charge in [-0.05, 0) is 51.3 Å². The number of aliphatic hydroxyl groups is 1. The van der Waals surface area contributed by atoms with E-state index in [1.165, 1.54) is 34.5 Å². The monoisotopic (exact) mass is 609 g/mol. The third kappa shape index (κ3) is 11.4. The standard InChI is InChI=1S/C27H42F3N3O7S/c1-18-15-33(19(2)17-34)26(36)22-14-21(31-25(35)11-12-27(28,29)30)9-10-23(22)40-20(3)8-6-7-13-39-24(18)16-32(4)41(5,37)38/h9-10,14,18-20,24,34H,6-8,11-13,15-17H2,1-5H3,(H,31,35)/t18-,19+,20+,24+/m0/s1. The number of benzene rings is 1. The van der Waals surface area contributed by atoms with Gasteiger partial charge in [0.05, 0.1) is 43.1 Å². The van der Waals surface area contributed by atoms with Gasteiger partial charge in [0.15, 0.2) is 0 Å². The Labute approximate surface area is 240 Å². The Morgan fingerprint density at radius 1 is 1.27 bits per heavy atom. The first-order valence-corrected chi connectivity index (χ1v) is 15.5. The van der Waals surface area contributed by atoms with Crippen LogP contribution in [0.5, 0.6) is 5.75 Å². The number of aliphatic hydroxyl groups excluding tert-OH is 1. The minimum atomic E-state index is -4.48. The van der Waals surface area contributed by atoms with Gasteiger partial charge in [0.25, 0.3) is 5.91 Å². The quantitative estimate of drug-likeness (QED) is 0.461. The first kappa shape index (κ1) is 34.8. The number of anilines is 1. The molecule has 1 aromatic rings. The second-order valence-corrected chi connectivity index (χ2v) is 12.8. The van der Waals surface area contributed by atoms with E-state index in [9.17, 15) is 36.3 Å². The zero-order valence-corrected chi connectivity index (χ0v) is 25.1. The maximum atomic E-state index is 14.0. The van der Waals surface area contributed by atoms with Crippen molar-refractivity contribution in [3.8, 4) is 5.75 Å². The molecule has 14 heteroatoms. The van der Waals surface area contributed by atoms with Crippen molar-refractivity contribution in [3.63, 3.8) is 0 Å². The van der Waals surface area contributed by atoms with E-state index in [-0.39, 0.29) is 48.7 Å². The minimum Gasteiger partial charge on any atom is -0.490 e. The van der Waals surface area contributed by atoms with Crippen molar-refractivity contribution >= 4 is 27.5 Å². The molecule has 1 aliphatic rings. The van der Waals surface area contributed by atoms with Crippen LogP contribution in [0.25, 0.3) is 0 Å². The first-order chi connectivity index (χ1) is 19.0. The first-order valence-electron chi connectivity index (χ1n) is 13.6. The fraction of sp³-hybridized carbons (Fsp3) is 0.704. The van der Waals surface area contributed by atoms with Crippen LogP contribution in [0.15, 0.2) is 18.2 Å². The Balaban J connectivity index is 2.46. The minimum absolute atomic E-state index is 0.0692. The van der Waals surface area contributed by atoms with Crippen LogP contribution in [0.2, 0.25) is 0 Å². The Morgan fingerprint density at radius 2 is 1.95 bits per heavy atom. The molecular weight excluding hydrogens is 567 g/mol. The number of hydrogen-bond donors (Lipinski definition) is 2. The summed E-state index contributed by atoms with van der Waals surface area (Å²) in [5.74, 6) is -1.50. The average molecular weight is 610 g/mol. The highest BCUT2D eigenvalue weighted by Crippen LogP contribution is 2.29. The molecule has 1 aromatic carbocycles. The average Bonchev–Trinajstić information content (AvgIpc) is 2.88. The van der Waals surface area contributed by atoms with Crippen LogP contribution in [-0.2, 0) is 19.6 Å². The van der Waals surface area contributed by atoms with E-state index in [1.54, 1.807) is 6.92 Å². The molecule has 4 atom stereocenters. The molecule has 0 fully saturated rings. The summed E-state index contributed by atoms with van der Waals surface area (Å²) in [7, 11) is -2.03. The van der Waals surface area contributed by atoms with Gasteiger partial charge in [0.2, 0.25) is 15.9 Å². The maximum Gasteiger partial charge on any atom is 0.389 e. The van der Waals surface area contributed by atoms with Gasteiger partial charge in [0.1, 0.15) is 5.75 Å². The Bertz CT molecular complexity index is 1130. The molecule has 0 saturated heterocycles. The normalized spacial score (nSPS) is 22.4. The van der Waals surface area contributed by atoms with Crippen molar-refractivity contribution in [2.24, 2.45) is 5.92 Å². The molecule has 41 heavy (non-hydrogen) atoms. The molecule has 0 aliphatic carbocycles. The number of halogens is 3. The van der Waals surface area contributed by atoms with Gasteiger partial charge in [0, 0.05) is 44.8 Å². The lowest BCUT2D eigenvalue weighted by molar-refractivity contribution is -0.142. The number of amides is 2. The van der Waals surface area contributed by atoms with Crippen molar-refractivity contribution in [2.45, 2.75) is 77.3 Å². The molecular formula is C27H42F3N3O7S. The summed E-state index contributed by atoms with van der Waals surface area (Å²) in [6.45, 7) is 5.50. The van der Waals surface area contributed by atoms with Gasteiger partial charge in [-0.2, -0.15) is 13.2 Å². The summed E-state index contributed by atoms with van der Waals surface area (Å²) < 4.78 is 75.3. The molecule has 2 rings (SSSR count). The van der Waals surface area contributed by atoms with E-state index in [2.05, 4.69) is 5.32 Å². The van der Waals surface area contributed by atoms with E-state index < -0.39 is 53.0 Å². The molecule has 2 amide bonds. The van der Waals surface area contributed by atoms with Crippen LogP contribution in [0.4, 0.5) is 18.9 Å². The highest BCUT2D eigenvalue weighted by molar-refractivity contribution is 7.88. The zero-order valence-electron chi connectivity index (χ0n) is 24.2. The van der Waals surface area contributed by atoms with Crippen LogP contribution < -0.4 is 10.1 Å². The number of sulfonamides is 1. The number of fused-ring (bicyclic) bond motifs is 1. The van der Waals surface area contributed by atoms with Gasteiger partial charge in [-0.3, -0.25) is 9.59 Å². The number of nitrogens with zero attached hydrogens (tertiary/aromatic N) is 2. The lowest BCUT2D eigenvalue weighted by Crippen LogP contribution is -2.47. The lowest BCUT2D eigenvalue weighted by Gasteiger charge is -2.35. The topological polar surface area (TPSA) is 125 Å². The fourth-order valence-corrected chi connectivity index (χ4v) is 4.75. The molecule has 0 saturated carbocycles. The van der Waals surface area contributed by atoms with Crippen LogP contribution >= 0.6 is 0 Å². The van der Waals surface area contributed by atoms with Crippen LogP contribution in [-0.4, -0.2) is 98.6 Å². The predicted molar refractivity (Wildman–Crippen MR) is 148 cm³/mol. The molecule has 2 N–H and O–H groups in total.